The van der Waals surface area contributed by atoms with Gasteiger partial charge < -0.3 is 9.47 Å². The Morgan fingerprint density at radius 3 is 2.96 bits per heavy atom. The lowest BCUT2D eigenvalue weighted by atomic mass is 9.96. The predicted molar refractivity (Wildman–Crippen MR) is 103 cm³/mol. The van der Waals surface area contributed by atoms with Crippen LogP contribution in [0.25, 0.3) is 0 Å². The maximum atomic E-state index is 13.0. The van der Waals surface area contributed by atoms with Crippen molar-refractivity contribution in [2.24, 2.45) is 0 Å². The van der Waals surface area contributed by atoms with Crippen molar-refractivity contribution >= 4 is 17.2 Å². The fourth-order valence-electron chi connectivity index (χ4n) is 3.64. The number of hydrogen-bond acceptors (Lipinski definition) is 6. The topological polar surface area (TPSA) is 76.8 Å². The molecule has 1 saturated heterocycles. The molecule has 140 valence electrons. The Balaban J connectivity index is 1.52. The van der Waals surface area contributed by atoms with Gasteiger partial charge in [0.05, 0.1) is 29.0 Å². The minimum absolute atomic E-state index is 0.00908. The minimum atomic E-state index is 0.00908. The van der Waals surface area contributed by atoms with Gasteiger partial charge in [0.15, 0.2) is 0 Å². The van der Waals surface area contributed by atoms with Gasteiger partial charge in [0.1, 0.15) is 11.6 Å². The number of thiazole rings is 1. The van der Waals surface area contributed by atoms with Gasteiger partial charge in [-0.15, -0.1) is 11.3 Å². The maximum absolute atomic E-state index is 13.0. The van der Waals surface area contributed by atoms with Crippen molar-refractivity contribution in [2.45, 2.75) is 39.2 Å². The lowest BCUT2D eigenvalue weighted by molar-refractivity contribution is 0.0701. The number of nitrogens with zero attached hydrogens (tertiary/aromatic N) is 6. The highest BCUT2D eigenvalue weighted by Gasteiger charge is 2.29. The van der Waals surface area contributed by atoms with Crippen LogP contribution in [0.4, 0.5) is 0 Å². The zero-order valence-electron chi connectivity index (χ0n) is 15.5. The Bertz CT molecular complexity index is 936. The van der Waals surface area contributed by atoms with Crippen molar-refractivity contribution in [1.29, 1.82) is 0 Å². The second-order valence-electron chi connectivity index (χ2n) is 6.90. The maximum Gasteiger partial charge on any atom is 0.257 e. The monoisotopic (exact) mass is 382 g/mol. The van der Waals surface area contributed by atoms with Crippen molar-refractivity contribution in [3.05, 3.63) is 58.1 Å². The largest absolute Gasteiger partial charge is 0.338 e. The minimum Gasteiger partial charge on any atom is -0.338 e. The third kappa shape index (κ3) is 3.75. The van der Waals surface area contributed by atoms with Gasteiger partial charge in [-0.25, -0.2) is 19.9 Å². The number of likely N-dealkylation sites (tertiary alicyclic amines) is 1. The van der Waals surface area contributed by atoms with E-state index in [0.717, 1.165) is 36.6 Å². The van der Waals surface area contributed by atoms with Crippen LogP contribution in [0.1, 0.15) is 52.2 Å². The summed E-state index contributed by atoms with van der Waals surface area (Å²) in [5.41, 5.74) is 4.21. The third-order valence-electron chi connectivity index (χ3n) is 4.97. The molecule has 0 aromatic carbocycles. The van der Waals surface area contributed by atoms with E-state index >= 15 is 0 Å². The molecular weight excluding hydrogens is 360 g/mol. The number of hydrogen-bond donors (Lipinski definition) is 0. The Morgan fingerprint density at radius 1 is 1.30 bits per heavy atom. The Kier molecular flexibility index (Phi) is 4.98. The van der Waals surface area contributed by atoms with Gasteiger partial charge in [-0.05, 0) is 26.7 Å². The molecule has 1 aliphatic heterocycles. The molecule has 1 unspecified atom stereocenters. The van der Waals surface area contributed by atoms with Crippen LogP contribution in [0.2, 0.25) is 0 Å². The molecule has 8 heteroatoms. The summed E-state index contributed by atoms with van der Waals surface area (Å²) < 4.78 is 2.15. The molecule has 7 nitrogen and oxygen atoms in total. The number of imidazole rings is 1. The van der Waals surface area contributed by atoms with Crippen molar-refractivity contribution in [2.75, 3.05) is 13.1 Å². The average Bonchev–Trinajstić information content (AvgIpc) is 3.34. The number of aromatic nitrogens is 5. The van der Waals surface area contributed by atoms with Gasteiger partial charge in [0.25, 0.3) is 5.91 Å². The first-order chi connectivity index (χ1) is 13.1. The van der Waals surface area contributed by atoms with Crippen molar-refractivity contribution in [1.82, 2.24) is 29.4 Å². The van der Waals surface area contributed by atoms with E-state index in [1.165, 1.54) is 0 Å². The molecule has 1 amide bonds. The molecule has 0 bridgehead atoms. The summed E-state index contributed by atoms with van der Waals surface area (Å²) in [6.07, 6.45) is 7.47. The second-order valence-corrected chi connectivity index (χ2v) is 7.62. The van der Waals surface area contributed by atoms with Gasteiger partial charge in [0.2, 0.25) is 0 Å². The standard InChI is InChI=1S/C19H22N6OS/c1-13-17(8-21-14(2)23-13)19(26)25-6-3-4-15(9-25)18-20-5-7-24(18)10-16-11-27-12-22-16/h5,7-8,11-12,15H,3-4,6,9-10H2,1-2H3. The summed E-state index contributed by atoms with van der Waals surface area (Å²) in [4.78, 5) is 32.4. The molecule has 0 saturated carbocycles. The van der Waals surface area contributed by atoms with Crippen molar-refractivity contribution in [3.63, 3.8) is 0 Å². The SMILES string of the molecule is Cc1ncc(C(=O)N2CCCC(c3nccn3Cc3cscn3)C2)c(C)n1. The molecule has 4 rings (SSSR count). The van der Waals surface area contributed by atoms with Crippen LogP contribution >= 0.6 is 11.3 Å². The van der Waals surface area contributed by atoms with E-state index in [-0.39, 0.29) is 11.8 Å². The number of amides is 1. The zero-order valence-corrected chi connectivity index (χ0v) is 16.3. The molecule has 1 aliphatic rings. The quantitative estimate of drug-likeness (QED) is 0.693. The van der Waals surface area contributed by atoms with Crippen LogP contribution in [0, 0.1) is 13.8 Å². The predicted octanol–water partition coefficient (Wildman–Crippen LogP) is 2.81. The van der Waals surface area contributed by atoms with E-state index in [4.69, 9.17) is 0 Å². The normalized spacial score (nSPS) is 17.3. The van der Waals surface area contributed by atoms with Gasteiger partial charge >= 0.3 is 0 Å². The summed E-state index contributed by atoms with van der Waals surface area (Å²) in [7, 11) is 0. The van der Waals surface area contributed by atoms with Gasteiger partial charge in [-0.3, -0.25) is 4.79 Å². The summed E-state index contributed by atoms with van der Waals surface area (Å²) in [6.45, 7) is 5.84. The van der Waals surface area contributed by atoms with E-state index in [9.17, 15) is 4.79 Å². The lowest BCUT2D eigenvalue weighted by Crippen LogP contribution is -2.40. The van der Waals surface area contributed by atoms with Gasteiger partial charge in [-0.2, -0.15) is 0 Å². The fourth-order valence-corrected chi connectivity index (χ4v) is 4.19. The van der Waals surface area contributed by atoms with E-state index < -0.39 is 0 Å². The highest BCUT2D eigenvalue weighted by molar-refractivity contribution is 7.07. The number of carbonyl (C=O) groups is 1. The summed E-state index contributed by atoms with van der Waals surface area (Å²) >= 11 is 1.60. The smallest absolute Gasteiger partial charge is 0.257 e. The second kappa shape index (κ2) is 7.56. The van der Waals surface area contributed by atoms with Crippen LogP contribution in [-0.4, -0.2) is 48.4 Å². The molecule has 4 heterocycles. The van der Waals surface area contributed by atoms with E-state index in [0.29, 0.717) is 24.5 Å². The van der Waals surface area contributed by atoms with Crippen LogP contribution < -0.4 is 0 Å². The molecule has 0 aliphatic carbocycles. The molecule has 3 aromatic rings. The number of piperidine rings is 1. The molecule has 1 fully saturated rings. The molecular formula is C19H22N6OS. The Hall–Kier alpha value is -2.61. The number of carbonyl (C=O) groups excluding carboxylic acids is 1. The van der Waals surface area contributed by atoms with Crippen LogP contribution in [0.3, 0.4) is 0 Å². The summed E-state index contributed by atoms with van der Waals surface area (Å²) in [5.74, 6) is 1.94. The van der Waals surface area contributed by atoms with E-state index in [2.05, 4.69) is 29.9 Å². The average molecular weight is 382 g/mol. The lowest BCUT2D eigenvalue weighted by Gasteiger charge is -2.33. The highest BCUT2D eigenvalue weighted by atomic mass is 32.1. The number of rotatable bonds is 4. The zero-order chi connectivity index (χ0) is 18.8. The fraction of sp³-hybridized carbons (Fsp3) is 0.421. The van der Waals surface area contributed by atoms with Gasteiger partial charge in [-0.1, -0.05) is 0 Å². The van der Waals surface area contributed by atoms with Crippen LogP contribution in [0.15, 0.2) is 29.5 Å². The molecule has 3 aromatic heterocycles. The van der Waals surface area contributed by atoms with Crippen LogP contribution in [0.5, 0.6) is 0 Å². The molecule has 1 atom stereocenters. The third-order valence-corrected chi connectivity index (χ3v) is 5.60. The molecule has 27 heavy (non-hydrogen) atoms. The molecule has 0 spiro atoms. The van der Waals surface area contributed by atoms with E-state index in [1.807, 2.05) is 36.7 Å². The van der Waals surface area contributed by atoms with Gasteiger partial charge in [0, 0.05) is 43.0 Å². The highest BCUT2D eigenvalue weighted by Crippen LogP contribution is 2.27. The summed E-state index contributed by atoms with van der Waals surface area (Å²) in [5, 5.41) is 2.06. The molecule has 0 N–H and O–H groups in total. The Labute approximate surface area is 162 Å². The summed E-state index contributed by atoms with van der Waals surface area (Å²) in [6, 6.07) is 0. The first kappa shape index (κ1) is 17.8. The molecule has 0 radical (unpaired) electrons. The van der Waals surface area contributed by atoms with E-state index in [1.54, 1.807) is 17.5 Å². The van der Waals surface area contributed by atoms with Crippen molar-refractivity contribution < 1.29 is 4.79 Å². The van der Waals surface area contributed by atoms with Crippen LogP contribution in [-0.2, 0) is 6.54 Å². The van der Waals surface area contributed by atoms with Crippen molar-refractivity contribution in [3.8, 4) is 0 Å². The Morgan fingerprint density at radius 2 is 2.19 bits per heavy atom. The first-order valence-corrected chi connectivity index (χ1v) is 10.0. The number of aryl methyl sites for hydroxylation is 2. The first-order valence-electron chi connectivity index (χ1n) is 9.09.